The number of likely N-dealkylation sites (tertiary alicyclic amines) is 1. The normalized spacial score (nSPS) is 20.5. The van der Waals surface area contributed by atoms with Crippen LogP contribution in [-0.4, -0.2) is 55.6 Å². The van der Waals surface area contributed by atoms with E-state index in [2.05, 4.69) is 30.7 Å². The standard InChI is InChI=1S/C36H47F2N3O4/c1-5-8-10-25-14-16-41(36(25)43)33(9-6-2)35(42)40-28(20-24-18-26(37)21-27(38)19-24)13-15-39-32-23-34(45-17-7-3)30-12-11-29(44-4)22-31(30)32/h6-7,11-12,18-19,21-22,25,28,32-34,39H,2-3,5,8-10,13-17,20,23H2,1,4H3,(H,40,42)/t25-,28+,32-,33-,34+/m0/s1. The molecule has 7 nitrogen and oxygen atoms in total. The van der Waals surface area contributed by atoms with Gasteiger partial charge in [-0.15, -0.1) is 13.2 Å². The molecule has 1 aliphatic heterocycles. The number of fused-ring (bicyclic) bond motifs is 1. The van der Waals surface area contributed by atoms with Gasteiger partial charge in [-0.2, -0.15) is 0 Å². The predicted octanol–water partition coefficient (Wildman–Crippen LogP) is 6.35. The van der Waals surface area contributed by atoms with Crippen molar-refractivity contribution >= 4 is 11.8 Å². The molecule has 0 unspecified atom stereocenters. The number of halogens is 2. The van der Waals surface area contributed by atoms with E-state index in [0.29, 0.717) is 38.1 Å². The molecule has 2 amide bonds. The molecule has 2 N–H and O–H groups in total. The largest absolute Gasteiger partial charge is 0.497 e. The highest BCUT2D eigenvalue weighted by Crippen LogP contribution is 2.42. The molecule has 9 heteroatoms. The Hall–Kier alpha value is -3.56. The van der Waals surface area contributed by atoms with Crippen molar-refractivity contribution in [2.24, 2.45) is 5.92 Å². The molecule has 0 aromatic heterocycles. The molecule has 45 heavy (non-hydrogen) atoms. The lowest BCUT2D eigenvalue weighted by Crippen LogP contribution is -2.51. The smallest absolute Gasteiger partial charge is 0.243 e. The summed E-state index contributed by atoms with van der Waals surface area (Å²) in [6.07, 6.45) is 8.61. The molecule has 1 saturated heterocycles. The van der Waals surface area contributed by atoms with Crippen LogP contribution in [0.2, 0.25) is 0 Å². The van der Waals surface area contributed by atoms with Crippen LogP contribution < -0.4 is 15.4 Å². The first kappa shape index (κ1) is 34.3. The van der Waals surface area contributed by atoms with Crippen molar-refractivity contribution in [3.63, 3.8) is 0 Å². The van der Waals surface area contributed by atoms with E-state index in [4.69, 9.17) is 9.47 Å². The van der Waals surface area contributed by atoms with Crippen molar-refractivity contribution in [3.8, 4) is 5.75 Å². The fourth-order valence-electron chi connectivity index (χ4n) is 6.57. The summed E-state index contributed by atoms with van der Waals surface area (Å²) in [7, 11) is 1.63. The summed E-state index contributed by atoms with van der Waals surface area (Å²) in [5.74, 6) is -0.909. The average Bonchev–Trinajstić information content (AvgIpc) is 3.55. The van der Waals surface area contributed by atoms with Crippen LogP contribution in [0.3, 0.4) is 0 Å². The second kappa shape index (κ2) is 16.7. The van der Waals surface area contributed by atoms with Gasteiger partial charge in [-0.05, 0) is 86.0 Å². The van der Waals surface area contributed by atoms with Crippen LogP contribution in [0.25, 0.3) is 0 Å². The van der Waals surface area contributed by atoms with Crippen LogP contribution in [0.1, 0.15) is 80.7 Å². The molecule has 1 aliphatic carbocycles. The number of carbonyl (C=O) groups is 2. The molecule has 2 aromatic rings. The summed E-state index contributed by atoms with van der Waals surface area (Å²) >= 11 is 0. The summed E-state index contributed by atoms with van der Waals surface area (Å²) < 4.78 is 39.7. The minimum absolute atomic E-state index is 0.0105. The summed E-state index contributed by atoms with van der Waals surface area (Å²) in [6, 6.07) is 8.25. The van der Waals surface area contributed by atoms with E-state index >= 15 is 0 Å². The maximum Gasteiger partial charge on any atom is 0.243 e. The molecule has 4 rings (SSSR count). The van der Waals surface area contributed by atoms with Gasteiger partial charge in [0.2, 0.25) is 11.8 Å². The molecular formula is C36H47F2N3O4. The predicted molar refractivity (Wildman–Crippen MR) is 172 cm³/mol. The topological polar surface area (TPSA) is 79.9 Å². The molecular weight excluding hydrogens is 576 g/mol. The molecule has 2 aromatic carbocycles. The van der Waals surface area contributed by atoms with Gasteiger partial charge in [-0.1, -0.05) is 38.0 Å². The Bertz CT molecular complexity index is 1320. The number of amides is 2. The molecule has 1 fully saturated rings. The van der Waals surface area contributed by atoms with E-state index < -0.39 is 23.7 Å². The monoisotopic (exact) mass is 623 g/mol. The molecule has 2 aliphatic rings. The molecule has 244 valence electrons. The minimum atomic E-state index is -0.682. The second-order valence-corrected chi connectivity index (χ2v) is 12.0. The Morgan fingerprint density at radius 1 is 1.13 bits per heavy atom. The van der Waals surface area contributed by atoms with Crippen molar-refractivity contribution in [2.75, 3.05) is 26.8 Å². The summed E-state index contributed by atoms with van der Waals surface area (Å²) in [6.45, 7) is 11.2. The summed E-state index contributed by atoms with van der Waals surface area (Å²) in [5, 5.41) is 6.73. The number of nitrogens with one attached hydrogen (secondary N) is 2. The van der Waals surface area contributed by atoms with Gasteiger partial charge >= 0.3 is 0 Å². The fraction of sp³-hybridized carbons (Fsp3) is 0.500. The van der Waals surface area contributed by atoms with E-state index in [1.807, 2.05) is 18.2 Å². The number of rotatable bonds is 18. The molecule has 0 radical (unpaired) electrons. The van der Waals surface area contributed by atoms with E-state index in [-0.39, 0.29) is 36.3 Å². The van der Waals surface area contributed by atoms with Crippen molar-refractivity contribution in [1.82, 2.24) is 15.5 Å². The van der Waals surface area contributed by atoms with Crippen LogP contribution in [0.5, 0.6) is 5.75 Å². The maximum absolute atomic E-state index is 14.1. The Kier molecular flexibility index (Phi) is 12.7. The number of hydrogen-bond donors (Lipinski definition) is 2. The first-order chi connectivity index (χ1) is 21.8. The van der Waals surface area contributed by atoms with E-state index in [9.17, 15) is 18.4 Å². The summed E-state index contributed by atoms with van der Waals surface area (Å²) in [5.41, 5.74) is 2.63. The fourth-order valence-corrected chi connectivity index (χ4v) is 6.57. The van der Waals surface area contributed by atoms with Gasteiger partial charge in [-0.25, -0.2) is 8.78 Å². The third-order valence-electron chi connectivity index (χ3n) is 8.84. The Labute approximate surface area is 266 Å². The number of unbranched alkanes of at least 4 members (excludes halogenated alkanes) is 1. The zero-order valence-electron chi connectivity index (χ0n) is 26.5. The first-order valence-corrected chi connectivity index (χ1v) is 16.1. The average molecular weight is 624 g/mol. The molecule has 0 spiro atoms. The number of hydrogen-bond acceptors (Lipinski definition) is 5. The van der Waals surface area contributed by atoms with Crippen LogP contribution in [0.15, 0.2) is 61.7 Å². The van der Waals surface area contributed by atoms with Gasteiger partial charge < -0.3 is 25.0 Å². The van der Waals surface area contributed by atoms with Crippen LogP contribution >= 0.6 is 0 Å². The van der Waals surface area contributed by atoms with Gasteiger partial charge in [-0.3, -0.25) is 9.59 Å². The number of benzene rings is 2. The third kappa shape index (κ3) is 9.01. The van der Waals surface area contributed by atoms with E-state index in [1.54, 1.807) is 24.2 Å². The van der Waals surface area contributed by atoms with Crippen molar-refractivity contribution in [3.05, 3.63) is 90.0 Å². The number of carbonyl (C=O) groups excluding carboxylic acids is 2. The molecule has 5 atom stereocenters. The summed E-state index contributed by atoms with van der Waals surface area (Å²) in [4.78, 5) is 28.7. The van der Waals surface area contributed by atoms with Crippen molar-refractivity contribution < 1.29 is 27.8 Å². The number of methoxy groups -OCH3 is 1. The van der Waals surface area contributed by atoms with Crippen LogP contribution in [0.4, 0.5) is 8.78 Å². The zero-order chi connectivity index (χ0) is 32.3. The van der Waals surface area contributed by atoms with Crippen LogP contribution in [0, 0.1) is 17.6 Å². The Morgan fingerprint density at radius 2 is 1.91 bits per heavy atom. The number of ether oxygens (including phenoxy) is 2. The van der Waals surface area contributed by atoms with Gasteiger partial charge in [0.1, 0.15) is 23.4 Å². The highest BCUT2D eigenvalue weighted by atomic mass is 19.1. The lowest BCUT2D eigenvalue weighted by atomic mass is 10.0. The minimum Gasteiger partial charge on any atom is -0.497 e. The van der Waals surface area contributed by atoms with Crippen LogP contribution in [-0.2, 0) is 20.7 Å². The van der Waals surface area contributed by atoms with Gasteiger partial charge in [0.15, 0.2) is 0 Å². The number of nitrogens with zero attached hydrogens (tertiary/aromatic N) is 1. The van der Waals surface area contributed by atoms with Gasteiger partial charge in [0.25, 0.3) is 0 Å². The van der Waals surface area contributed by atoms with Crippen molar-refractivity contribution in [1.29, 1.82) is 0 Å². The lowest BCUT2D eigenvalue weighted by molar-refractivity contribution is -0.139. The Balaban J connectivity index is 1.48. The molecule has 0 bridgehead atoms. The molecule has 1 heterocycles. The first-order valence-electron chi connectivity index (χ1n) is 16.1. The highest BCUT2D eigenvalue weighted by molar-refractivity contribution is 5.90. The highest BCUT2D eigenvalue weighted by Gasteiger charge is 2.38. The molecule has 0 saturated carbocycles. The quantitative estimate of drug-likeness (QED) is 0.189. The second-order valence-electron chi connectivity index (χ2n) is 12.0. The zero-order valence-corrected chi connectivity index (χ0v) is 26.5. The third-order valence-corrected chi connectivity index (χ3v) is 8.84. The van der Waals surface area contributed by atoms with E-state index in [1.165, 1.54) is 12.1 Å². The lowest BCUT2D eigenvalue weighted by Gasteiger charge is -2.29. The maximum atomic E-state index is 14.1. The van der Waals surface area contributed by atoms with Gasteiger partial charge in [0, 0.05) is 30.6 Å². The van der Waals surface area contributed by atoms with Gasteiger partial charge in [0.05, 0.1) is 19.8 Å². The van der Waals surface area contributed by atoms with E-state index in [0.717, 1.165) is 55.0 Å². The Morgan fingerprint density at radius 3 is 2.60 bits per heavy atom. The SMILES string of the molecule is C=CCO[C@@H]1C[C@H](NCC[C@H](Cc2cc(F)cc(F)c2)NC(=O)[C@H](CC=C)N2CC[C@H](CCCC)C2=O)c2cc(OC)ccc21. The van der Waals surface area contributed by atoms with Crippen molar-refractivity contribution in [2.45, 2.75) is 82.5 Å².